The van der Waals surface area contributed by atoms with Gasteiger partial charge in [0.05, 0.1) is 6.61 Å². The van der Waals surface area contributed by atoms with Gasteiger partial charge < -0.3 is 14.7 Å². The number of rotatable bonds is 2. The molecule has 0 aliphatic carbocycles. The van der Waals surface area contributed by atoms with E-state index in [1.807, 2.05) is 26.8 Å². The summed E-state index contributed by atoms with van der Waals surface area (Å²) in [7, 11) is 0. The Balaban J connectivity index is 2.49. The van der Waals surface area contributed by atoms with Crippen LogP contribution in [0.4, 0.5) is 4.79 Å². The number of hydrogen-bond acceptors (Lipinski definition) is 3. The maximum absolute atomic E-state index is 11.9. The lowest BCUT2D eigenvalue weighted by Gasteiger charge is -2.33. The standard InChI is InChI=1S/C13H23NO3/c1-13(2,3)17-12(16)14-8-4-6-11(10-14)7-5-9-15/h5,7,11,15H,4,6,8-10H2,1-3H3/b7-5+. The maximum atomic E-state index is 11.9. The fourth-order valence-electron chi connectivity index (χ4n) is 1.91. The summed E-state index contributed by atoms with van der Waals surface area (Å²) in [6.07, 6.45) is 5.54. The molecule has 1 rings (SSSR count). The van der Waals surface area contributed by atoms with Crippen molar-refractivity contribution in [2.75, 3.05) is 19.7 Å². The van der Waals surface area contributed by atoms with Crippen molar-refractivity contribution in [1.29, 1.82) is 0 Å². The van der Waals surface area contributed by atoms with E-state index in [9.17, 15) is 4.79 Å². The molecular formula is C13H23NO3. The fraction of sp³-hybridized carbons (Fsp3) is 0.769. The Kier molecular flexibility index (Phi) is 5.00. The molecule has 1 atom stereocenters. The van der Waals surface area contributed by atoms with Gasteiger partial charge in [0.25, 0.3) is 0 Å². The topological polar surface area (TPSA) is 49.8 Å². The molecule has 4 nitrogen and oxygen atoms in total. The Morgan fingerprint density at radius 2 is 2.24 bits per heavy atom. The molecule has 98 valence electrons. The molecule has 1 aliphatic rings. The Hall–Kier alpha value is -1.03. The number of piperidine rings is 1. The van der Waals surface area contributed by atoms with Gasteiger partial charge in [-0.2, -0.15) is 0 Å². The van der Waals surface area contributed by atoms with Crippen molar-refractivity contribution < 1.29 is 14.6 Å². The van der Waals surface area contributed by atoms with Crippen LogP contribution in [0.1, 0.15) is 33.6 Å². The molecular weight excluding hydrogens is 218 g/mol. The molecule has 0 radical (unpaired) electrons. The normalized spacial score (nSPS) is 21.9. The van der Waals surface area contributed by atoms with Gasteiger partial charge in [0, 0.05) is 13.1 Å². The summed E-state index contributed by atoms with van der Waals surface area (Å²) >= 11 is 0. The first-order valence-corrected chi connectivity index (χ1v) is 6.18. The molecule has 1 fully saturated rings. The van der Waals surface area contributed by atoms with Crippen molar-refractivity contribution in [3.63, 3.8) is 0 Å². The molecule has 0 saturated carbocycles. The van der Waals surface area contributed by atoms with Crippen LogP contribution in [0.2, 0.25) is 0 Å². The summed E-state index contributed by atoms with van der Waals surface area (Å²) in [5.74, 6) is 0.336. The highest BCUT2D eigenvalue weighted by atomic mass is 16.6. The third kappa shape index (κ3) is 5.22. The molecule has 1 heterocycles. The smallest absolute Gasteiger partial charge is 0.410 e. The highest BCUT2D eigenvalue weighted by Crippen LogP contribution is 2.20. The van der Waals surface area contributed by atoms with Gasteiger partial charge in [0.1, 0.15) is 5.60 Å². The van der Waals surface area contributed by atoms with Crippen LogP contribution in [0.25, 0.3) is 0 Å². The van der Waals surface area contributed by atoms with Crippen molar-refractivity contribution in [3.05, 3.63) is 12.2 Å². The van der Waals surface area contributed by atoms with Gasteiger partial charge >= 0.3 is 6.09 Å². The Labute approximate surface area is 103 Å². The van der Waals surface area contributed by atoms with Crippen molar-refractivity contribution in [1.82, 2.24) is 4.90 Å². The van der Waals surface area contributed by atoms with Crippen LogP contribution in [0.3, 0.4) is 0 Å². The predicted octanol–water partition coefficient (Wildman–Crippen LogP) is 2.18. The number of aliphatic hydroxyl groups is 1. The van der Waals surface area contributed by atoms with E-state index in [4.69, 9.17) is 9.84 Å². The zero-order valence-corrected chi connectivity index (χ0v) is 11.0. The van der Waals surface area contributed by atoms with Gasteiger partial charge in [-0.1, -0.05) is 12.2 Å². The van der Waals surface area contributed by atoms with Crippen molar-refractivity contribution in [2.24, 2.45) is 5.92 Å². The number of likely N-dealkylation sites (tertiary alicyclic amines) is 1. The van der Waals surface area contributed by atoms with E-state index in [0.717, 1.165) is 19.4 Å². The highest BCUT2D eigenvalue weighted by Gasteiger charge is 2.26. The molecule has 1 aliphatic heterocycles. The van der Waals surface area contributed by atoms with Crippen LogP contribution in [-0.4, -0.2) is 41.4 Å². The monoisotopic (exact) mass is 241 g/mol. The minimum absolute atomic E-state index is 0.0585. The summed E-state index contributed by atoms with van der Waals surface area (Å²) in [6.45, 7) is 7.13. The second-order valence-corrected chi connectivity index (χ2v) is 5.44. The Bertz CT molecular complexity index is 281. The quantitative estimate of drug-likeness (QED) is 0.754. The average Bonchev–Trinajstić information content (AvgIpc) is 2.24. The van der Waals surface area contributed by atoms with Gasteiger partial charge in [0.15, 0.2) is 0 Å². The summed E-state index contributed by atoms with van der Waals surface area (Å²) in [5.41, 5.74) is -0.440. The van der Waals surface area contributed by atoms with E-state index in [2.05, 4.69) is 0 Å². The first-order valence-electron chi connectivity index (χ1n) is 6.18. The SMILES string of the molecule is CC(C)(C)OC(=O)N1CCCC(/C=C/CO)C1. The first-order chi connectivity index (χ1) is 7.92. The molecule has 4 heteroatoms. The highest BCUT2D eigenvalue weighted by molar-refractivity contribution is 5.68. The number of carbonyl (C=O) groups excluding carboxylic acids is 1. The van der Waals surface area contributed by atoms with Gasteiger partial charge in [-0.3, -0.25) is 0 Å². The summed E-state index contributed by atoms with van der Waals surface area (Å²) < 4.78 is 5.34. The fourth-order valence-corrected chi connectivity index (χ4v) is 1.91. The third-order valence-electron chi connectivity index (χ3n) is 2.62. The zero-order valence-electron chi connectivity index (χ0n) is 11.0. The molecule has 0 aromatic rings. The lowest BCUT2D eigenvalue weighted by Crippen LogP contribution is -2.42. The molecule has 17 heavy (non-hydrogen) atoms. The Morgan fingerprint density at radius 1 is 1.53 bits per heavy atom. The van der Waals surface area contributed by atoms with Gasteiger partial charge in [-0.15, -0.1) is 0 Å². The van der Waals surface area contributed by atoms with E-state index in [0.29, 0.717) is 12.5 Å². The van der Waals surface area contributed by atoms with Crippen molar-refractivity contribution in [3.8, 4) is 0 Å². The lowest BCUT2D eigenvalue weighted by molar-refractivity contribution is 0.0186. The van der Waals surface area contributed by atoms with Gasteiger partial charge in [0.2, 0.25) is 0 Å². The molecule has 0 bridgehead atoms. The van der Waals surface area contributed by atoms with Gasteiger partial charge in [-0.25, -0.2) is 4.79 Å². The average molecular weight is 241 g/mol. The minimum Gasteiger partial charge on any atom is -0.444 e. The largest absolute Gasteiger partial charge is 0.444 e. The zero-order chi connectivity index (χ0) is 12.9. The number of nitrogens with zero attached hydrogens (tertiary/aromatic N) is 1. The number of amides is 1. The maximum Gasteiger partial charge on any atom is 0.410 e. The molecule has 1 amide bonds. The van der Waals surface area contributed by atoms with Crippen LogP contribution in [0, 0.1) is 5.92 Å². The number of carbonyl (C=O) groups is 1. The minimum atomic E-state index is -0.440. The van der Waals surface area contributed by atoms with E-state index < -0.39 is 5.60 Å². The van der Waals surface area contributed by atoms with Crippen LogP contribution in [-0.2, 0) is 4.74 Å². The van der Waals surface area contributed by atoms with Crippen LogP contribution in [0.5, 0.6) is 0 Å². The summed E-state index contributed by atoms with van der Waals surface area (Å²) in [5, 5.41) is 8.73. The molecule has 1 saturated heterocycles. The molecule has 0 aromatic heterocycles. The van der Waals surface area contributed by atoms with Crippen LogP contribution >= 0.6 is 0 Å². The summed E-state index contributed by atoms with van der Waals surface area (Å²) in [4.78, 5) is 13.6. The first kappa shape index (κ1) is 14.0. The number of hydrogen-bond donors (Lipinski definition) is 1. The third-order valence-corrected chi connectivity index (χ3v) is 2.62. The predicted molar refractivity (Wildman–Crippen MR) is 66.8 cm³/mol. The molecule has 0 aromatic carbocycles. The second-order valence-electron chi connectivity index (χ2n) is 5.44. The van der Waals surface area contributed by atoms with Crippen molar-refractivity contribution >= 4 is 6.09 Å². The summed E-state index contributed by atoms with van der Waals surface area (Å²) in [6, 6.07) is 0. The second kappa shape index (κ2) is 6.05. The van der Waals surface area contributed by atoms with Crippen molar-refractivity contribution in [2.45, 2.75) is 39.2 Å². The van der Waals surface area contributed by atoms with E-state index in [1.165, 1.54) is 0 Å². The van der Waals surface area contributed by atoms with Gasteiger partial charge in [-0.05, 0) is 39.5 Å². The number of ether oxygens (including phenoxy) is 1. The van der Waals surface area contributed by atoms with E-state index in [-0.39, 0.29) is 12.7 Å². The van der Waals surface area contributed by atoms with E-state index in [1.54, 1.807) is 11.0 Å². The molecule has 1 N–H and O–H groups in total. The molecule has 1 unspecified atom stereocenters. The van der Waals surface area contributed by atoms with E-state index >= 15 is 0 Å². The Morgan fingerprint density at radius 3 is 2.82 bits per heavy atom. The van der Waals surface area contributed by atoms with Crippen LogP contribution < -0.4 is 0 Å². The molecule has 0 spiro atoms. The lowest BCUT2D eigenvalue weighted by atomic mass is 9.98. The van der Waals surface area contributed by atoms with Crippen LogP contribution in [0.15, 0.2) is 12.2 Å². The number of aliphatic hydroxyl groups excluding tert-OH is 1.